The molecule has 0 atom stereocenters. The van der Waals surface area contributed by atoms with Crippen molar-refractivity contribution in [2.24, 2.45) is 5.10 Å². The zero-order valence-corrected chi connectivity index (χ0v) is 9.59. The Labute approximate surface area is 100 Å². The highest BCUT2D eigenvalue weighted by atomic mass is 16.3. The summed E-state index contributed by atoms with van der Waals surface area (Å²) in [5, 5.41) is 13.4. The van der Waals surface area contributed by atoms with Crippen LogP contribution in [0.2, 0.25) is 0 Å². The second-order valence-corrected chi connectivity index (χ2v) is 3.83. The number of hydrogen-bond donors (Lipinski definition) is 2. The van der Waals surface area contributed by atoms with Crippen LogP contribution in [0.25, 0.3) is 0 Å². The van der Waals surface area contributed by atoms with Gasteiger partial charge in [0.1, 0.15) is 5.75 Å². The van der Waals surface area contributed by atoms with Crippen LogP contribution in [0, 0.1) is 6.92 Å². The minimum atomic E-state index is 0.240. The molecule has 2 aromatic carbocycles. The smallest absolute Gasteiger partial charge is 0.116 e. The summed E-state index contributed by atoms with van der Waals surface area (Å²) in [7, 11) is 0. The number of anilines is 1. The minimum Gasteiger partial charge on any atom is -0.508 e. The van der Waals surface area contributed by atoms with Gasteiger partial charge in [0.15, 0.2) is 0 Å². The number of benzene rings is 2. The molecule has 0 fully saturated rings. The first kappa shape index (κ1) is 11.2. The van der Waals surface area contributed by atoms with E-state index in [0.29, 0.717) is 0 Å². The number of nitrogens with zero attached hydrogens (tertiary/aromatic N) is 1. The maximum Gasteiger partial charge on any atom is 0.116 e. The summed E-state index contributed by atoms with van der Waals surface area (Å²) in [5.41, 5.74) is 5.93. The van der Waals surface area contributed by atoms with E-state index in [4.69, 9.17) is 0 Å². The van der Waals surface area contributed by atoms with E-state index in [1.807, 2.05) is 37.3 Å². The Bertz CT molecular complexity index is 518. The number of hydrogen-bond acceptors (Lipinski definition) is 3. The monoisotopic (exact) mass is 226 g/mol. The molecular weight excluding hydrogens is 212 g/mol. The predicted molar refractivity (Wildman–Crippen MR) is 70.5 cm³/mol. The van der Waals surface area contributed by atoms with Gasteiger partial charge in [0.25, 0.3) is 0 Å². The molecular formula is C14H14N2O. The van der Waals surface area contributed by atoms with E-state index in [9.17, 15) is 5.11 Å². The molecule has 0 radical (unpaired) electrons. The Morgan fingerprint density at radius 1 is 1.12 bits per heavy atom. The maximum atomic E-state index is 9.28. The Morgan fingerprint density at radius 3 is 2.59 bits per heavy atom. The fraction of sp³-hybridized carbons (Fsp3) is 0.0714. The SMILES string of the molecule is Cc1ccc(N/N=C/c2cccc(O)c2)cc1. The Morgan fingerprint density at radius 2 is 1.88 bits per heavy atom. The molecule has 2 rings (SSSR count). The van der Waals surface area contributed by atoms with Crippen molar-refractivity contribution in [3.63, 3.8) is 0 Å². The normalized spacial score (nSPS) is 10.6. The van der Waals surface area contributed by atoms with Crippen molar-refractivity contribution in [3.05, 3.63) is 59.7 Å². The van der Waals surface area contributed by atoms with E-state index >= 15 is 0 Å². The lowest BCUT2D eigenvalue weighted by Gasteiger charge is -2.00. The van der Waals surface area contributed by atoms with Crippen molar-refractivity contribution in [3.8, 4) is 5.75 Å². The van der Waals surface area contributed by atoms with Gasteiger partial charge in [0.05, 0.1) is 11.9 Å². The average molecular weight is 226 g/mol. The number of phenolic OH excluding ortho intramolecular Hbond substituents is 1. The first-order chi connectivity index (χ1) is 8.24. The first-order valence-electron chi connectivity index (χ1n) is 5.39. The number of hydrazone groups is 1. The van der Waals surface area contributed by atoms with Gasteiger partial charge in [-0.2, -0.15) is 5.10 Å². The fourth-order valence-corrected chi connectivity index (χ4v) is 1.41. The first-order valence-corrected chi connectivity index (χ1v) is 5.39. The molecule has 2 aromatic rings. The molecule has 3 nitrogen and oxygen atoms in total. The molecule has 0 aromatic heterocycles. The molecule has 86 valence electrons. The highest BCUT2D eigenvalue weighted by Crippen LogP contribution is 2.10. The molecule has 0 saturated heterocycles. The minimum absolute atomic E-state index is 0.240. The van der Waals surface area contributed by atoms with Gasteiger partial charge >= 0.3 is 0 Å². The third kappa shape index (κ3) is 3.34. The maximum absolute atomic E-state index is 9.28. The lowest BCUT2D eigenvalue weighted by Crippen LogP contribution is -1.90. The molecule has 0 unspecified atom stereocenters. The standard InChI is InChI=1S/C14H14N2O/c1-11-5-7-13(8-6-11)16-15-10-12-3-2-4-14(17)9-12/h2-10,16-17H,1H3/b15-10+. The van der Waals surface area contributed by atoms with Crippen LogP contribution < -0.4 is 5.43 Å². The van der Waals surface area contributed by atoms with E-state index in [2.05, 4.69) is 10.5 Å². The topological polar surface area (TPSA) is 44.6 Å². The third-order valence-corrected chi connectivity index (χ3v) is 2.33. The highest BCUT2D eigenvalue weighted by Gasteiger charge is 1.90. The van der Waals surface area contributed by atoms with Crippen LogP contribution in [0.1, 0.15) is 11.1 Å². The average Bonchev–Trinajstić information content (AvgIpc) is 2.32. The Balaban J connectivity index is 2.00. The van der Waals surface area contributed by atoms with Crippen LogP contribution in [0.5, 0.6) is 5.75 Å². The van der Waals surface area contributed by atoms with Crippen LogP contribution in [0.4, 0.5) is 5.69 Å². The van der Waals surface area contributed by atoms with Gasteiger partial charge in [-0.25, -0.2) is 0 Å². The van der Waals surface area contributed by atoms with E-state index in [0.717, 1.165) is 11.3 Å². The van der Waals surface area contributed by atoms with Crippen LogP contribution in [-0.4, -0.2) is 11.3 Å². The van der Waals surface area contributed by atoms with Crippen LogP contribution in [0.15, 0.2) is 53.6 Å². The number of nitrogens with one attached hydrogen (secondary N) is 1. The number of aryl methyl sites for hydroxylation is 1. The summed E-state index contributed by atoms with van der Waals surface area (Å²) < 4.78 is 0. The molecule has 0 aliphatic carbocycles. The quantitative estimate of drug-likeness (QED) is 0.623. The van der Waals surface area contributed by atoms with Crippen molar-refractivity contribution in [1.82, 2.24) is 0 Å². The second kappa shape index (κ2) is 5.16. The zero-order chi connectivity index (χ0) is 12.1. The van der Waals surface area contributed by atoms with Gasteiger partial charge in [-0.05, 0) is 36.8 Å². The van der Waals surface area contributed by atoms with Gasteiger partial charge in [0.2, 0.25) is 0 Å². The molecule has 0 bridgehead atoms. The Hall–Kier alpha value is -2.29. The second-order valence-electron chi connectivity index (χ2n) is 3.83. The molecule has 2 N–H and O–H groups in total. The Kier molecular flexibility index (Phi) is 3.40. The van der Waals surface area contributed by atoms with Gasteiger partial charge < -0.3 is 5.11 Å². The molecule has 0 spiro atoms. The summed E-state index contributed by atoms with van der Waals surface area (Å²) in [6.07, 6.45) is 1.67. The van der Waals surface area contributed by atoms with Crippen molar-refractivity contribution < 1.29 is 5.11 Å². The molecule has 0 amide bonds. The fourth-order valence-electron chi connectivity index (χ4n) is 1.41. The van der Waals surface area contributed by atoms with Gasteiger partial charge in [-0.15, -0.1) is 0 Å². The molecule has 0 aliphatic rings. The van der Waals surface area contributed by atoms with Crippen molar-refractivity contribution >= 4 is 11.9 Å². The highest BCUT2D eigenvalue weighted by molar-refractivity contribution is 5.80. The van der Waals surface area contributed by atoms with Crippen molar-refractivity contribution in [2.75, 3.05) is 5.43 Å². The summed E-state index contributed by atoms with van der Waals surface area (Å²) in [5.74, 6) is 0.240. The summed E-state index contributed by atoms with van der Waals surface area (Å²) in [6.45, 7) is 2.04. The van der Waals surface area contributed by atoms with Crippen molar-refractivity contribution in [2.45, 2.75) is 6.92 Å². The van der Waals surface area contributed by atoms with Gasteiger partial charge in [0, 0.05) is 0 Å². The van der Waals surface area contributed by atoms with E-state index in [1.165, 1.54) is 5.56 Å². The lowest BCUT2D eigenvalue weighted by molar-refractivity contribution is 0.475. The zero-order valence-electron chi connectivity index (χ0n) is 9.59. The molecule has 0 aliphatic heterocycles. The largest absolute Gasteiger partial charge is 0.508 e. The summed E-state index contributed by atoms with van der Waals surface area (Å²) in [4.78, 5) is 0. The van der Waals surface area contributed by atoms with Crippen molar-refractivity contribution in [1.29, 1.82) is 0 Å². The van der Waals surface area contributed by atoms with Crippen LogP contribution in [-0.2, 0) is 0 Å². The number of phenols is 1. The number of aromatic hydroxyl groups is 1. The molecule has 0 heterocycles. The van der Waals surface area contributed by atoms with E-state index in [-0.39, 0.29) is 5.75 Å². The van der Waals surface area contributed by atoms with Crippen LogP contribution >= 0.6 is 0 Å². The summed E-state index contributed by atoms with van der Waals surface area (Å²) >= 11 is 0. The summed E-state index contributed by atoms with van der Waals surface area (Å²) in [6, 6.07) is 14.9. The predicted octanol–water partition coefficient (Wildman–Crippen LogP) is 3.15. The van der Waals surface area contributed by atoms with Gasteiger partial charge in [-0.1, -0.05) is 29.8 Å². The third-order valence-electron chi connectivity index (χ3n) is 2.33. The van der Waals surface area contributed by atoms with E-state index in [1.54, 1.807) is 24.4 Å². The van der Waals surface area contributed by atoms with E-state index < -0.39 is 0 Å². The van der Waals surface area contributed by atoms with Gasteiger partial charge in [-0.3, -0.25) is 5.43 Å². The van der Waals surface area contributed by atoms with Crippen LogP contribution in [0.3, 0.4) is 0 Å². The number of rotatable bonds is 3. The molecule has 17 heavy (non-hydrogen) atoms. The molecule has 0 saturated carbocycles. The molecule has 3 heteroatoms. The lowest BCUT2D eigenvalue weighted by atomic mass is 10.2.